The van der Waals surface area contributed by atoms with Gasteiger partial charge in [0, 0.05) is 25.4 Å². The minimum absolute atomic E-state index is 0.0672. The fraction of sp³-hybridized carbons (Fsp3) is 0.450. The van der Waals surface area contributed by atoms with Crippen LogP contribution in [0.2, 0.25) is 0 Å². The van der Waals surface area contributed by atoms with Crippen molar-refractivity contribution >= 4 is 11.7 Å². The normalized spacial score (nSPS) is 11.0. The lowest BCUT2D eigenvalue weighted by atomic mass is 9.97. The molecule has 0 aliphatic heterocycles. The Balaban J connectivity index is 2.18. The lowest BCUT2D eigenvalue weighted by molar-refractivity contribution is 0.0759. The molecular weight excluding hydrogens is 349 g/mol. The van der Waals surface area contributed by atoms with Gasteiger partial charge < -0.3 is 14.8 Å². The van der Waals surface area contributed by atoms with Crippen LogP contribution >= 0.6 is 0 Å². The zero-order chi connectivity index (χ0) is 19.8. The summed E-state index contributed by atoms with van der Waals surface area (Å²) in [4.78, 5) is 20.6. The molecule has 146 valence electrons. The molecule has 0 saturated carbocycles. The summed E-state index contributed by atoms with van der Waals surface area (Å²) in [6.45, 7) is 7.60. The van der Waals surface area contributed by atoms with E-state index in [2.05, 4.69) is 15.3 Å². The Bertz CT molecular complexity index is 781. The van der Waals surface area contributed by atoms with Gasteiger partial charge in [-0.3, -0.25) is 4.79 Å². The summed E-state index contributed by atoms with van der Waals surface area (Å²) in [7, 11) is 1.63. The van der Waals surface area contributed by atoms with E-state index in [0.29, 0.717) is 32.3 Å². The SMILES string of the molecule is COCCOCCNc1ncc(-c2ccc(F)c(C(C)=O)c2)c(C(C)C)n1. The van der Waals surface area contributed by atoms with Gasteiger partial charge in [0.25, 0.3) is 0 Å². The zero-order valence-corrected chi connectivity index (χ0v) is 16.2. The van der Waals surface area contributed by atoms with Crippen molar-refractivity contribution < 1.29 is 18.7 Å². The standard InChI is InChI=1S/C20H26FN3O3/c1-13(2)19-17(15-5-6-18(21)16(11-15)14(3)25)12-23-20(24-19)22-7-8-27-10-9-26-4/h5-6,11-13H,7-10H2,1-4H3,(H,22,23,24). The van der Waals surface area contributed by atoms with E-state index < -0.39 is 5.82 Å². The molecule has 1 heterocycles. The molecule has 0 spiro atoms. The maximum atomic E-state index is 13.8. The molecule has 1 N–H and O–H groups in total. The van der Waals surface area contributed by atoms with Crippen LogP contribution in [0.3, 0.4) is 0 Å². The Labute approximate surface area is 159 Å². The molecule has 27 heavy (non-hydrogen) atoms. The van der Waals surface area contributed by atoms with Crippen LogP contribution in [0.4, 0.5) is 10.3 Å². The van der Waals surface area contributed by atoms with Gasteiger partial charge in [-0.25, -0.2) is 14.4 Å². The smallest absolute Gasteiger partial charge is 0.222 e. The predicted octanol–water partition coefficient (Wildman–Crippen LogP) is 3.68. The molecule has 0 unspecified atom stereocenters. The van der Waals surface area contributed by atoms with E-state index in [1.165, 1.54) is 13.0 Å². The molecular formula is C20H26FN3O3. The highest BCUT2D eigenvalue weighted by molar-refractivity contribution is 5.95. The number of halogens is 1. The monoisotopic (exact) mass is 375 g/mol. The number of carbonyl (C=O) groups excluding carboxylic acids is 1. The summed E-state index contributed by atoms with van der Waals surface area (Å²) >= 11 is 0. The van der Waals surface area contributed by atoms with Crippen LogP contribution < -0.4 is 5.32 Å². The quantitative estimate of drug-likeness (QED) is 0.504. The number of Topliss-reactive ketones (excluding diaryl/α,β-unsaturated/α-hetero) is 1. The maximum absolute atomic E-state index is 13.8. The largest absolute Gasteiger partial charge is 0.382 e. The zero-order valence-electron chi connectivity index (χ0n) is 16.2. The number of hydrogen-bond acceptors (Lipinski definition) is 6. The first-order valence-electron chi connectivity index (χ1n) is 8.92. The van der Waals surface area contributed by atoms with Crippen molar-refractivity contribution in [2.45, 2.75) is 26.7 Å². The van der Waals surface area contributed by atoms with Crippen molar-refractivity contribution in [3.05, 3.63) is 41.5 Å². The molecule has 0 radical (unpaired) electrons. The molecule has 0 amide bonds. The number of hydrogen-bond donors (Lipinski definition) is 1. The highest BCUT2D eigenvalue weighted by Crippen LogP contribution is 2.29. The van der Waals surface area contributed by atoms with Gasteiger partial charge in [0.05, 0.1) is 31.1 Å². The second kappa shape index (κ2) is 10.1. The van der Waals surface area contributed by atoms with Crippen LogP contribution in [0, 0.1) is 5.82 Å². The first-order chi connectivity index (χ1) is 12.9. The summed E-state index contributed by atoms with van der Waals surface area (Å²) in [5.74, 6) is -0.197. The van der Waals surface area contributed by atoms with Crippen molar-refractivity contribution in [3.8, 4) is 11.1 Å². The number of nitrogens with zero attached hydrogens (tertiary/aromatic N) is 2. The van der Waals surface area contributed by atoms with Crippen LogP contribution in [0.25, 0.3) is 11.1 Å². The van der Waals surface area contributed by atoms with Gasteiger partial charge in [-0.1, -0.05) is 19.9 Å². The van der Waals surface area contributed by atoms with Crippen molar-refractivity contribution in [2.75, 3.05) is 38.8 Å². The Morgan fingerprint density at radius 1 is 1.26 bits per heavy atom. The average Bonchev–Trinajstić information content (AvgIpc) is 2.64. The minimum Gasteiger partial charge on any atom is -0.382 e. The molecule has 6 nitrogen and oxygen atoms in total. The Kier molecular flexibility index (Phi) is 7.82. The third-order valence-corrected chi connectivity index (χ3v) is 3.98. The van der Waals surface area contributed by atoms with Gasteiger partial charge >= 0.3 is 0 Å². The fourth-order valence-electron chi connectivity index (χ4n) is 2.58. The number of benzene rings is 1. The summed E-state index contributed by atoms with van der Waals surface area (Å²) < 4.78 is 24.2. The van der Waals surface area contributed by atoms with Gasteiger partial charge in [-0.2, -0.15) is 0 Å². The summed E-state index contributed by atoms with van der Waals surface area (Å²) in [5, 5.41) is 3.13. The third kappa shape index (κ3) is 5.80. The Hall–Kier alpha value is -2.38. The number of ether oxygens (including phenoxy) is 2. The highest BCUT2D eigenvalue weighted by Gasteiger charge is 2.15. The van der Waals surface area contributed by atoms with Crippen LogP contribution in [0.5, 0.6) is 0 Å². The molecule has 0 bridgehead atoms. The van der Waals surface area contributed by atoms with Crippen molar-refractivity contribution in [3.63, 3.8) is 0 Å². The van der Waals surface area contributed by atoms with Gasteiger partial charge in [0.15, 0.2) is 5.78 Å². The molecule has 7 heteroatoms. The van der Waals surface area contributed by atoms with Gasteiger partial charge in [-0.05, 0) is 30.5 Å². The number of nitrogens with one attached hydrogen (secondary N) is 1. The summed E-state index contributed by atoms with van der Waals surface area (Å²) in [6, 6.07) is 4.50. The number of rotatable bonds is 10. The first kappa shape index (κ1) is 20.9. The number of anilines is 1. The van der Waals surface area contributed by atoms with Crippen LogP contribution in [0.1, 0.15) is 42.7 Å². The predicted molar refractivity (Wildman–Crippen MR) is 103 cm³/mol. The fourth-order valence-corrected chi connectivity index (χ4v) is 2.58. The summed E-state index contributed by atoms with van der Waals surface area (Å²) in [5.41, 5.74) is 2.40. The molecule has 0 saturated heterocycles. The van der Waals surface area contributed by atoms with Gasteiger partial charge in [0.2, 0.25) is 5.95 Å². The van der Waals surface area contributed by atoms with Crippen LogP contribution in [-0.4, -0.2) is 49.2 Å². The van der Waals surface area contributed by atoms with E-state index in [9.17, 15) is 9.18 Å². The minimum atomic E-state index is -0.523. The van der Waals surface area contributed by atoms with Gasteiger partial charge in [0.1, 0.15) is 5.82 Å². The van der Waals surface area contributed by atoms with E-state index in [-0.39, 0.29) is 17.3 Å². The van der Waals surface area contributed by atoms with Gasteiger partial charge in [-0.15, -0.1) is 0 Å². The molecule has 0 aliphatic rings. The van der Waals surface area contributed by atoms with Crippen molar-refractivity contribution in [1.82, 2.24) is 9.97 Å². The Morgan fingerprint density at radius 2 is 2.04 bits per heavy atom. The lowest BCUT2D eigenvalue weighted by Gasteiger charge is -2.14. The second-order valence-corrected chi connectivity index (χ2v) is 6.43. The van der Waals surface area contributed by atoms with E-state index in [4.69, 9.17) is 9.47 Å². The highest BCUT2D eigenvalue weighted by atomic mass is 19.1. The summed E-state index contributed by atoms with van der Waals surface area (Å²) in [6.07, 6.45) is 1.70. The third-order valence-electron chi connectivity index (χ3n) is 3.98. The molecule has 2 aromatic rings. The Morgan fingerprint density at radius 3 is 2.70 bits per heavy atom. The maximum Gasteiger partial charge on any atom is 0.222 e. The first-order valence-corrected chi connectivity index (χ1v) is 8.92. The number of ketones is 1. The van der Waals surface area contributed by atoms with Crippen molar-refractivity contribution in [1.29, 1.82) is 0 Å². The van der Waals surface area contributed by atoms with Crippen LogP contribution in [-0.2, 0) is 9.47 Å². The topological polar surface area (TPSA) is 73.3 Å². The number of aromatic nitrogens is 2. The number of carbonyl (C=O) groups is 1. The average molecular weight is 375 g/mol. The molecule has 2 rings (SSSR count). The molecule has 1 aromatic heterocycles. The lowest BCUT2D eigenvalue weighted by Crippen LogP contribution is -2.14. The molecule has 1 aromatic carbocycles. The van der Waals surface area contributed by atoms with Crippen LogP contribution in [0.15, 0.2) is 24.4 Å². The molecule has 0 atom stereocenters. The van der Waals surface area contributed by atoms with E-state index >= 15 is 0 Å². The van der Waals surface area contributed by atoms with E-state index in [0.717, 1.165) is 16.8 Å². The van der Waals surface area contributed by atoms with E-state index in [1.807, 2.05) is 13.8 Å². The number of methoxy groups -OCH3 is 1. The molecule has 0 fully saturated rings. The second-order valence-electron chi connectivity index (χ2n) is 6.43. The van der Waals surface area contributed by atoms with E-state index in [1.54, 1.807) is 25.4 Å². The molecule has 0 aliphatic carbocycles. The van der Waals surface area contributed by atoms with Crippen molar-refractivity contribution in [2.24, 2.45) is 0 Å².